The molecule has 1 N–H and O–H groups in total. The van der Waals surface area contributed by atoms with Gasteiger partial charge in [-0.15, -0.1) is 0 Å². The Labute approximate surface area is 147 Å². The standard InChI is InChI=1S/C19H23N3O3/c1-21-15-7-3-2-6-13(15)14(11-16(21)23)19(25)22-10-4-5-12-8-9-20-18(24)17(12)22/h2-3,6-7,12,14,17H,4-5,8-11H2,1H3,(H,20,24). The number of hydrogen-bond acceptors (Lipinski definition) is 3. The smallest absolute Gasteiger partial charge is 0.243 e. The van der Waals surface area contributed by atoms with Gasteiger partial charge in [-0.3, -0.25) is 14.4 Å². The van der Waals surface area contributed by atoms with Crippen molar-refractivity contribution in [1.29, 1.82) is 0 Å². The number of nitrogens with zero attached hydrogens (tertiary/aromatic N) is 2. The molecule has 3 amide bonds. The molecule has 1 aromatic rings. The van der Waals surface area contributed by atoms with Gasteiger partial charge in [0.25, 0.3) is 0 Å². The first kappa shape index (κ1) is 16.1. The van der Waals surface area contributed by atoms with Gasteiger partial charge in [0.15, 0.2) is 0 Å². The van der Waals surface area contributed by atoms with Crippen LogP contribution in [-0.4, -0.2) is 48.8 Å². The van der Waals surface area contributed by atoms with Gasteiger partial charge in [0.05, 0.1) is 5.92 Å². The molecule has 3 aliphatic heterocycles. The van der Waals surface area contributed by atoms with Crippen LogP contribution in [0.5, 0.6) is 0 Å². The van der Waals surface area contributed by atoms with E-state index in [0.29, 0.717) is 13.1 Å². The predicted octanol–water partition coefficient (Wildman–Crippen LogP) is 1.26. The van der Waals surface area contributed by atoms with Crippen LogP contribution in [0.3, 0.4) is 0 Å². The van der Waals surface area contributed by atoms with Crippen molar-refractivity contribution in [3.63, 3.8) is 0 Å². The number of likely N-dealkylation sites (tertiary alicyclic amines) is 1. The summed E-state index contributed by atoms with van der Waals surface area (Å²) >= 11 is 0. The molecule has 2 fully saturated rings. The van der Waals surface area contributed by atoms with E-state index < -0.39 is 5.92 Å². The van der Waals surface area contributed by atoms with Crippen LogP contribution in [0.4, 0.5) is 5.69 Å². The summed E-state index contributed by atoms with van der Waals surface area (Å²) in [5.74, 6) is -0.437. The van der Waals surface area contributed by atoms with Gasteiger partial charge in [0.2, 0.25) is 17.7 Å². The Bertz CT molecular complexity index is 730. The molecule has 2 saturated heterocycles. The molecule has 0 aromatic heterocycles. The molecule has 0 aliphatic carbocycles. The number of anilines is 1. The summed E-state index contributed by atoms with van der Waals surface area (Å²) in [6.45, 7) is 1.29. The molecule has 3 aliphatic rings. The number of amides is 3. The molecule has 3 unspecified atom stereocenters. The highest BCUT2D eigenvalue weighted by Gasteiger charge is 2.44. The molecule has 3 heterocycles. The van der Waals surface area contributed by atoms with Crippen molar-refractivity contribution in [2.24, 2.45) is 5.92 Å². The lowest BCUT2D eigenvalue weighted by molar-refractivity contribution is -0.148. The molecule has 0 spiro atoms. The Kier molecular flexibility index (Phi) is 3.98. The molecular formula is C19H23N3O3. The summed E-state index contributed by atoms with van der Waals surface area (Å²) in [4.78, 5) is 41.5. The van der Waals surface area contributed by atoms with Crippen molar-refractivity contribution in [3.05, 3.63) is 29.8 Å². The Balaban J connectivity index is 1.67. The lowest BCUT2D eigenvalue weighted by atomic mass is 9.81. The first-order valence-electron chi connectivity index (χ1n) is 9.01. The molecule has 0 radical (unpaired) electrons. The molecule has 0 bridgehead atoms. The predicted molar refractivity (Wildman–Crippen MR) is 93.1 cm³/mol. The molecule has 25 heavy (non-hydrogen) atoms. The largest absolute Gasteiger partial charge is 0.354 e. The summed E-state index contributed by atoms with van der Waals surface area (Å²) in [5, 5.41) is 2.90. The van der Waals surface area contributed by atoms with Gasteiger partial charge in [-0.2, -0.15) is 0 Å². The van der Waals surface area contributed by atoms with Crippen LogP contribution in [0.1, 0.15) is 37.2 Å². The van der Waals surface area contributed by atoms with Crippen molar-refractivity contribution in [2.75, 3.05) is 25.0 Å². The number of para-hydroxylation sites is 1. The Hall–Kier alpha value is -2.37. The van der Waals surface area contributed by atoms with E-state index >= 15 is 0 Å². The van der Waals surface area contributed by atoms with Crippen LogP contribution >= 0.6 is 0 Å². The van der Waals surface area contributed by atoms with Crippen molar-refractivity contribution in [3.8, 4) is 0 Å². The third-order valence-corrected chi connectivity index (χ3v) is 5.85. The zero-order valence-corrected chi connectivity index (χ0v) is 14.4. The second-order valence-corrected chi connectivity index (χ2v) is 7.23. The number of carbonyl (C=O) groups is 3. The fraction of sp³-hybridized carbons (Fsp3) is 0.526. The number of rotatable bonds is 1. The molecule has 3 atom stereocenters. The minimum absolute atomic E-state index is 0.0446. The maximum atomic E-state index is 13.3. The Morgan fingerprint density at radius 3 is 2.84 bits per heavy atom. The molecule has 132 valence electrons. The van der Waals surface area contributed by atoms with Crippen molar-refractivity contribution in [1.82, 2.24) is 10.2 Å². The highest BCUT2D eigenvalue weighted by atomic mass is 16.2. The van der Waals surface area contributed by atoms with E-state index in [-0.39, 0.29) is 36.1 Å². The van der Waals surface area contributed by atoms with E-state index in [9.17, 15) is 14.4 Å². The first-order chi connectivity index (χ1) is 12.1. The topological polar surface area (TPSA) is 69.7 Å². The van der Waals surface area contributed by atoms with Gasteiger partial charge in [0, 0.05) is 32.2 Å². The summed E-state index contributed by atoms with van der Waals surface area (Å²) in [6, 6.07) is 7.19. The van der Waals surface area contributed by atoms with E-state index in [4.69, 9.17) is 0 Å². The second kappa shape index (κ2) is 6.17. The normalized spacial score (nSPS) is 28.9. The maximum Gasteiger partial charge on any atom is 0.243 e. The van der Waals surface area contributed by atoms with E-state index in [0.717, 1.165) is 30.5 Å². The molecule has 6 nitrogen and oxygen atoms in total. The summed E-state index contributed by atoms with van der Waals surface area (Å²) in [6.07, 6.45) is 3.00. The van der Waals surface area contributed by atoms with Crippen LogP contribution in [0.25, 0.3) is 0 Å². The minimum Gasteiger partial charge on any atom is -0.354 e. The molecular weight excluding hydrogens is 318 g/mol. The molecule has 1 aromatic carbocycles. The van der Waals surface area contributed by atoms with Gasteiger partial charge < -0.3 is 15.1 Å². The average Bonchev–Trinajstić information content (AvgIpc) is 2.64. The lowest BCUT2D eigenvalue weighted by Crippen LogP contribution is -2.60. The number of piperidine rings is 2. The van der Waals surface area contributed by atoms with Crippen LogP contribution in [0.2, 0.25) is 0 Å². The third kappa shape index (κ3) is 2.60. The SMILES string of the molecule is CN1C(=O)CC(C(=O)N2CCCC3CCNC(=O)C32)c2ccccc21. The Morgan fingerprint density at radius 2 is 2.00 bits per heavy atom. The minimum atomic E-state index is -0.492. The lowest BCUT2D eigenvalue weighted by Gasteiger charge is -2.44. The zero-order valence-electron chi connectivity index (χ0n) is 14.4. The van der Waals surface area contributed by atoms with Crippen molar-refractivity contribution in [2.45, 2.75) is 37.6 Å². The maximum absolute atomic E-state index is 13.3. The van der Waals surface area contributed by atoms with E-state index in [1.165, 1.54) is 0 Å². The van der Waals surface area contributed by atoms with Crippen LogP contribution < -0.4 is 10.2 Å². The summed E-state index contributed by atoms with van der Waals surface area (Å²) in [7, 11) is 1.74. The van der Waals surface area contributed by atoms with Gasteiger partial charge in [0.1, 0.15) is 6.04 Å². The number of benzene rings is 1. The number of hydrogen-bond donors (Lipinski definition) is 1. The van der Waals surface area contributed by atoms with Crippen LogP contribution in [0.15, 0.2) is 24.3 Å². The quantitative estimate of drug-likeness (QED) is 0.836. The fourth-order valence-electron chi connectivity index (χ4n) is 4.53. The van der Waals surface area contributed by atoms with Gasteiger partial charge in [-0.05, 0) is 36.8 Å². The molecule has 6 heteroatoms. The van der Waals surface area contributed by atoms with Gasteiger partial charge in [-0.25, -0.2) is 0 Å². The second-order valence-electron chi connectivity index (χ2n) is 7.23. The summed E-state index contributed by atoms with van der Waals surface area (Å²) in [5.41, 5.74) is 1.67. The molecule has 4 rings (SSSR count). The third-order valence-electron chi connectivity index (χ3n) is 5.85. The van der Waals surface area contributed by atoms with Crippen LogP contribution in [-0.2, 0) is 14.4 Å². The Morgan fingerprint density at radius 1 is 1.20 bits per heavy atom. The average molecular weight is 341 g/mol. The van der Waals surface area contributed by atoms with E-state index in [1.807, 2.05) is 24.3 Å². The number of fused-ring (bicyclic) bond motifs is 2. The zero-order chi connectivity index (χ0) is 17.6. The highest BCUT2D eigenvalue weighted by molar-refractivity contribution is 6.03. The van der Waals surface area contributed by atoms with Gasteiger partial charge in [-0.1, -0.05) is 18.2 Å². The molecule has 0 saturated carbocycles. The van der Waals surface area contributed by atoms with Gasteiger partial charge >= 0.3 is 0 Å². The van der Waals surface area contributed by atoms with Crippen molar-refractivity contribution >= 4 is 23.4 Å². The van der Waals surface area contributed by atoms with Crippen LogP contribution in [0, 0.1) is 5.92 Å². The first-order valence-corrected chi connectivity index (χ1v) is 9.01. The van der Waals surface area contributed by atoms with E-state index in [2.05, 4.69) is 5.32 Å². The summed E-state index contributed by atoms with van der Waals surface area (Å²) < 4.78 is 0. The monoisotopic (exact) mass is 341 g/mol. The number of nitrogens with one attached hydrogen (secondary N) is 1. The fourth-order valence-corrected chi connectivity index (χ4v) is 4.53. The highest BCUT2D eigenvalue weighted by Crippen LogP contribution is 2.38. The van der Waals surface area contributed by atoms with Crippen molar-refractivity contribution < 1.29 is 14.4 Å². The number of carbonyl (C=O) groups excluding carboxylic acids is 3. The van der Waals surface area contributed by atoms with E-state index in [1.54, 1.807) is 16.8 Å².